The fourth-order valence-corrected chi connectivity index (χ4v) is 2.83. The number of benzene rings is 1. The Bertz CT molecular complexity index is 1110. The van der Waals surface area contributed by atoms with Crippen LogP contribution >= 0.6 is 0 Å². The van der Waals surface area contributed by atoms with E-state index >= 15 is 0 Å². The SMILES string of the molecule is CC1NN(c2c(F)c(F)nc(C(F)(F)F)c2F)C(O)=C1C(=O)c1cc(F)c(F)c(F)c1.[Cu]. The van der Waals surface area contributed by atoms with Crippen LogP contribution in [0, 0.1) is 35.0 Å². The zero-order valence-corrected chi connectivity index (χ0v) is 16.1. The first-order chi connectivity index (χ1) is 14.3. The van der Waals surface area contributed by atoms with Gasteiger partial charge in [-0.2, -0.15) is 22.0 Å². The molecule has 32 heavy (non-hydrogen) atoms. The number of hydrogen-bond acceptors (Lipinski definition) is 5. The molecule has 1 aromatic heterocycles. The number of alkyl halides is 3. The second-order valence-corrected chi connectivity index (χ2v) is 6.23. The standard InChI is InChI=1S/C17H8F9N3O2.Cu/c1-4-8(13(30)5-2-6(18)9(20)7(19)3-5)16(31)29(28-4)12-10(21)14(17(24,25)26)27-15(23)11(12)22;/h2-4,28,31H,1H3;. The van der Waals surface area contributed by atoms with Gasteiger partial charge in [-0.3, -0.25) is 4.79 Å². The van der Waals surface area contributed by atoms with Crippen LogP contribution in [0.2, 0.25) is 0 Å². The van der Waals surface area contributed by atoms with Crippen molar-refractivity contribution in [2.24, 2.45) is 0 Å². The molecule has 5 nitrogen and oxygen atoms in total. The van der Waals surface area contributed by atoms with Gasteiger partial charge < -0.3 is 5.11 Å². The van der Waals surface area contributed by atoms with Crippen molar-refractivity contribution in [1.29, 1.82) is 0 Å². The average molecular weight is 521 g/mol. The van der Waals surface area contributed by atoms with Gasteiger partial charge in [0, 0.05) is 22.6 Å². The van der Waals surface area contributed by atoms with Gasteiger partial charge in [0.2, 0.25) is 11.7 Å². The number of Topliss-reactive ketones (excluding diaryl/α,β-unsaturated/α-hetero) is 1. The Hall–Kier alpha value is -2.77. The largest absolute Gasteiger partial charge is 0.493 e. The van der Waals surface area contributed by atoms with Crippen LogP contribution in [0.3, 0.4) is 0 Å². The maximum atomic E-state index is 14.3. The van der Waals surface area contributed by atoms with E-state index in [2.05, 4.69) is 4.98 Å². The first kappa shape index (κ1) is 25.5. The number of anilines is 1. The van der Waals surface area contributed by atoms with Gasteiger partial charge in [0.25, 0.3) is 5.95 Å². The molecule has 1 radical (unpaired) electrons. The minimum atomic E-state index is -5.54. The Morgan fingerprint density at radius 3 is 2.06 bits per heavy atom. The normalized spacial score (nSPS) is 16.4. The van der Waals surface area contributed by atoms with Crippen LogP contribution in [-0.2, 0) is 23.2 Å². The first-order valence-corrected chi connectivity index (χ1v) is 8.06. The summed E-state index contributed by atoms with van der Waals surface area (Å²) in [6.07, 6.45) is -5.54. The molecule has 0 aliphatic carbocycles. The van der Waals surface area contributed by atoms with Crippen molar-refractivity contribution in [3.63, 3.8) is 0 Å². The molecule has 1 aromatic carbocycles. The van der Waals surface area contributed by atoms with Crippen molar-refractivity contribution >= 4 is 11.5 Å². The molecule has 0 fully saturated rings. The number of halogens is 9. The summed E-state index contributed by atoms with van der Waals surface area (Å²) in [5, 5.41) is 10.1. The Balaban J connectivity index is 0.00000363. The number of hydrazine groups is 1. The van der Waals surface area contributed by atoms with E-state index in [0.29, 0.717) is 0 Å². The summed E-state index contributed by atoms with van der Waals surface area (Å²) in [6, 6.07) is -0.857. The number of carbonyl (C=O) groups is 1. The zero-order valence-electron chi connectivity index (χ0n) is 15.2. The molecule has 177 valence electrons. The summed E-state index contributed by atoms with van der Waals surface area (Å²) >= 11 is 0. The second kappa shape index (κ2) is 8.64. The van der Waals surface area contributed by atoms with Gasteiger partial charge in [0.05, 0.1) is 11.6 Å². The summed E-state index contributed by atoms with van der Waals surface area (Å²) in [5.74, 6) is -15.2. The van der Waals surface area contributed by atoms with Crippen molar-refractivity contribution in [2.45, 2.75) is 19.1 Å². The molecule has 2 aromatic rings. The van der Waals surface area contributed by atoms with Crippen LogP contribution in [0.4, 0.5) is 45.2 Å². The predicted molar refractivity (Wildman–Crippen MR) is 84.5 cm³/mol. The number of carbonyl (C=O) groups excluding carboxylic acids is 1. The third-order valence-corrected chi connectivity index (χ3v) is 4.21. The molecule has 1 aliphatic heterocycles. The molecule has 0 bridgehead atoms. The molecule has 15 heteroatoms. The van der Waals surface area contributed by atoms with Crippen LogP contribution in [0.5, 0.6) is 0 Å². The van der Waals surface area contributed by atoms with Crippen molar-refractivity contribution in [1.82, 2.24) is 10.4 Å². The molecule has 1 aliphatic rings. The Morgan fingerprint density at radius 1 is 1.03 bits per heavy atom. The van der Waals surface area contributed by atoms with Crippen molar-refractivity contribution < 1.29 is 66.5 Å². The van der Waals surface area contributed by atoms with Gasteiger partial charge in [-0.05, 0) is 19.1 Å². The van der Waals surface area contributed by atoms with Gasteiger partial charge >= 0.3 is 6.18 Å². The van der Waals surface area contributed by atoms with Gasteiger partial charge in [-0.1, -0.05) is 0 Å². The minimum absolute atomic E-state index is 0. The molecule has 1 atom stereocenters. The molecule has 3 rings (SSSR count). The van der Waals surface area contributed by atoms with E-state index in [4.69, 9.17) is 0 Å². The van der Waals surface area contributed by atoms with Crippen molar-refractivity contribution in [3.05, 3.63) is 69.9 Å². The van der Waals surface area contributed by atoms with E-state index in [1.165, 1.54) is 0 Å². The number of nitrogens with one attached hydrogen (secondary N) is 1. The Morgan fingerprint density at radius 2 is 1.56 bits per heavy atom. The number of nitrogens with zero attached hydrogens (tertiary/aromatic N) is 2. The molecule has 0 saturated carbocycles. The topological polar surface area (TPSA) is 65.5 Å². The Kier molecular flexibility index (Phi) is 6.88. The number of aromatic nitrogens is 1. The Labute approximate surface area is 183 Å². The molecule has 0 amide bonds. The molecular weight excluding hydrogens is 513 g/mol. The van der Waals surface area contributed by atoms with Crippen molar-refractivity contribution in [3.8, 4) is 0 Å². The second-order valence-electron chi connectivity index (χ2n) is 6.23. The zero-order chi connectivity index (χ0) is 23.4. The number of aliphatic hydroxyl groups is 1. The molecule has 1 unspecified atom stereocenters. The monoisotopic (exact) mass is 520 g/mol. The van der Waals surface area contributed by atoms with E-state index in [1.807, 2.05) is 5.43 Å². The van der Waals surface area contributed by atoms with Gasteiger partial charge in [0.1, 0.15) is 5.69 Å². The van der Waals surface area contributed by atoms with Gasteiger partial charge in [-0.15, -0.1) is 0 Å². The average Bonchev–Trinajstić information content (AvgIpc) is 2.95. The molecule has 0 saturated heterocycles. The minimum Gasteiger partial charge on any atom is -0.493 e. The van der Waals surface area contributed by atoms with Gasteiger partial charge in [-0.25, -0.2) is 33.0 Å². The summed E-state index contributed by atoms with van der Waals surface area (Å²) in [6.45, 7) is 1.08. The summed E-state index contributed by atoms with van der Waals surface area (Å²) < 4.78 is 121. The number of aliphatic hydroxyl groups excluding tert-OH is 1. The van der Waals surface area contributed by atoms with Crippen LogP contribution in [0.15, 0.2) is 23.6 Å². The number of ketones is 1. The van der Waals surface area contributed by atoms with Crippen molar-refractivity contribution in [2.75, 3.05) is 5.01 Å². The fourth-order valence-electron chi connectivity index (χ4n) is 2.83. The maximum Gasteiger partial charge on any atom is 0.436 e. The number of pyridine rings is 1. The van der Waals surface area contributed by atoms with Crippen LogP contribution < -0.4 is 10.4 Å². The van der Waals surface area contributed by atoms with E-state index in [0.717, 1.165) is 6.92 Å². The van der Waals surface area contributed by atoms with E-state index in [1.54, 1.807) is 0 Å². The summed E-state index contributed by atoms with van der Waals surface area (Å²) in [7, 11) is 0. The van der Waals surface area contributed by atoms with Crippen LogP contribution in [0.25, 0.3) is 0 Å². The first-order valence-electron chi connectivity index (χ1n) is 8.06. The predicted octanol–water partition coefficient (Wildman–Crippen LogP) is 4.30. The third kappa shape index (κ3) is 4.14. The molecule has 0 spiro atoms. The number of hydrogen-bond donors (Lipinski definition) is 2. The van der Waals surface area contributed by atoms with Crippen LogP contribution in [-0.4, -0.2) is 21.9 Å². The van der Waals surface area contributed by atoms with Crippen LogP contribution in [0.1, 0.15) is 23.0 Å². The van der Waals surface area contributed by atoms with E-state index in [9.17, 15) is 49.4 Å². The smallest absolute Gasteiger partial charge is 0.436 e. The summed E-state index contributed by atoms with van der Waals surface area (Å²) in [4.78, 5) is 14.7. The number of rotatable bonds is 3. The molecule has 2 heterocycles. The third-order valence-electron chi connectivity index (χ3n) is 4.21. The van der Waals surface area contributed by atoms with E-state index < -0.39 is 81.4 Å². The van der Waals surface area contributed by atoms with Gasteiger partial charge in [0.15, 0.2) is 34.7 Å². The fraction of sp³-hybridized carbons (Fsp3) is 0.176. The quantitative estimate of drug-likeness (QED) is 0.208. The molecular formula is C17H8CuF9N3O2. The molecule has 2 N–H and O–H groups in total. The van der Waals surface area contributed by atoms with E-state index in [-0.39, 0.29) is 34.2 Å². The summed E-state index contributed by atoms with van der Waals surface area (Å²) in [5.41, 5.74) is -3.82. The maximum absolute atomic E-state index is 14.3.